The van der Waals surface area contributed by atoms with Gasteiger partial charge in [0.25, 0.3) is 5.91 Å². The highest BCUT2D eigenvalue weighted by Crippen LogP contribution is 2.28. The van der Waals surface area contributed by atoms with Gasteiger partial charge in [0.2, 0.25) is 11.8 Å². The molecule has 2 aliphatic rings. The van der Waals surface area contributed by atoms with Crippen molar-refractivity contribution in [3.8, 4) is 0 Å². The Labute approximate surface area is 186 Å². The molecule has 1 N–H and O–H groups in total. The fourth-order valence-electron chi connectivity index (χ4n) is 4.68. The molecule has 32 heavy (non-hydrogen) atoms. The van der Waals surface area contributed by atoms with E-state index < -0.39 is 12.0 Å². The molecule has 0 spiro atoms. The fraction of sp³-hybridized carbons (Fsp3) is 0.269. The summed E-state index contributed by atoms with van der Waals surface area (Å²) in [7, 11) is 0. The molecule has 0 aromatic heterocycles. The van der Waals surface area contributed by atoms with Crippen LogP contribution < -0.4 is 10.2 Å². The number of carbonyl (C=O) groups is 3. The van der Waals surface area contributed by atoms with Crippen LogP contribution in [0.3, 0.4) is 0 Å². The van der Waals surface area contributed by atoms with Crippen molar-refractivity contribution >= 4 is 34.2 Å². The van der Waals surface area contributed by atoms with Gasteiger partial charge in [-0.1, -0.05) is 48.5 Å². The molecule has 6 heteroatoms. The predicted octanol–water partition coefficient (Wildman–Crippen LogP) is 3.22. The second-order valence-electron chi connectivity index (χ2n) is 8.44. The van der Waals surface area contributed by atoms with Crippen LogP contribution in [-0.4, -0.2) is 48.3 Å². The first-order valence-corrected chi connectivity index (χ1v) is 11.1. The first-order chi connectivity index (χ1) is 15.6. The molecule has 2 saturated heterocycles. The van der Waals surface area contributed by atoms with Crippen LogP contribution in [0.2, 0.25) is 0 Å². The second-order valence-corrected chi connectivity index (χ2v) is 8.44. The van der Waals surface area contributed by atoms with E-state index >= 15 is 0 Å². The number of hydrogen-bond acceptors (Lipinski definition) is 3. The normalized spacial score (nSPS) is 20.7. The number of amides is 3. The van der Waals surface area contributed by atoms with Gasteiger partial charge >= 0.3 is 0 Å². The van der Waals surface area contributed by atoms with Gasteiger partial charge < -0.3 is 15.1 Å². The van der Waals surface area contributed by atoms with E-state index in [4.69, 9.17) is 0 Å². The molecule has 3 amide bonds. The summed E-state index contributed by atoms with van der Waals surface area (Å²) < 4.78 is 0. The van der Waals surface area contributed by atoms with E-state index in [0.717, 1.165) is 29.3 Å². The van der Waals surface area contributed by atoms with Crippen molar-refractivity contribution in [1.29, 1.82) is 0 Å². The summed E-state index contributed by atoms with van der Waals surface area (Å²) in [5, 5.41) is 4.88. The summed E-state index contributed by atoms with van der Waals surface area (Å²) in [6, 6.07) is 21.7. The van der Waals surface area contributed by atoms with Crippen LogP contribution in [0.5, 0.6) is 0 Å². The molecule has 2 unspecified atom stereocenters. The minimum atomic E-state index is -0.887. The van der Waals surface area contributed by atoms with Crippen LogP contribution in [0.25, 0.3) is 10.8 Å². The van der Waals surface area contributed by atoms with Crippen LogP contribution in [0.15, 0.2) is 72.8 Å². The zero-order chi connectivity index (χ0) is 22.1. The molecule has 0 aliphatic carbocycles. The molecular weight excluding hydrogens is 402 g/mol. The average Bonchev–Trinajstić information content (AvgIpc) is 3.48. The highest BCUT2D eigenvalue weighted by atomic mass is 16.2. The van der Waals surface area contributed by atoms with E-state index in [0.29, 0.717) is 18.7 Å². The maximum absolute atomic E-state index is 13.4. The molecule has 2 aliphatic heterocycles. The summed E-state index contributed by atoms with van der Waals surface area (Å²) >= 11 is 0. The lowest BCUT2D eigenvalue weighted by atomic mass is 10.0. The van der Waals surface area contributed by atoms with E-state index in [1.807, 2.05) is 71.6 Å². The van der Waals surface area contributed by atoms with Gasteiger partial charge in [-0.25, -0.2) is 0 Å². The minimum Gasteiger partial charge on any atom is -0.342 e. The summed E-state index contributed by atoms with van der Waals surface area (Å²) in [4.78, 5) is 43.2. The molecule has 5 rings (SSSR count). The lowest BCUT2D eigenvalue weighted by molar-refractivity contribution is -0.135. The Kier molecular flexibility index (Phi) is 5.35. The molecule has 0 bridgehead atoms. The Hall–Kier alpha value is -3.67. The summed E-state index contributed by atoms with van der Waals surface area (Å²) in [6.45, 7) is 1.68. The lowest BCUT2D eigenvalue weighted by Gasteiger charge is -2.23. The van der Waals surface area contributed by atoms with Gasteiger partial charge in [0, 0.05) is 30.9 Å². The summed E-state index contributed by atoms with van der Waals surface area (Å²) in [5.41, 5.74) is 1.21. The van der Waals surface area contributed by atoms with Crippen LogP contribution in [0.1, 0.15) is 23.2 Å². The Balaban J connectivity index is 1.43. The highest BCUT2D eigenvalue weighted by Gasteiger charge is 2.47. The number of para-hydroxylation sites is 1. The molecule has 3 aromatic carbocycles. The molecule has 3 aromatic rings. The molecule has 2 heterocycles. The van der Waals surface area contributed by atoms with Crippen molar-refractivity contribution in [3.05, 3.63) is 78.4 Å². The van der Waals surface area contributed by atoms with E-state index in [2.05, 4.69) is 5.32 Å². The van der Waals surface area contributed by atoms with Crippen molar-refractivity contribution in [2.75, 3.05) is 24.5 Å². The second kappa shape index (κ2) is 8.46. The summed E-state index contributed by atoms with van der Waals surface area (Å²) in [6.07, 6.45) is 1.95. The quantitative estimate of drug-likeness (QED) is 0.695. The van der Waals surface area contributed by atoms with Crippen LogP contribution >= 0.6 is 0 Å². The van der Waals surface area contributed by atoms with Gasteiger partial charge in [-0.3, -0.25) is 14.4 Å². The van der Waals surface area contributed by atoms with Gasteiger partial charge in [-0.15, -0.1) is 0 Å². The van der Waals surface area contributed by atoms with Gasteiger partial charge in [-0.2, -0.15) is 0 Å². The number of rotatable bonds is 4. The highest BCUT2D eigenvalue weighted by molar-refractivity contribution is 6.08. The fourth-order valence-corrected chi connectivity index (χ4v) is 4.68. The monoisotopic (exact) mass is 427 g/mol. The molecule has 2 fully saturated rings. The van der Waals surface area contributed by atoms with Crippen molar-refractivity contribution in [1.82, 2.24) is 10.2 Å². The van der Waals surface area contributed by atoms with Gasteiger partial charge in [-0.05, 0) is 47.9 Å². The van der Waals surface area contributed by atoms with Crippen molar-refractivity contribution in [2.45, 2.75) is 18.9 Å². The van der Waals surface area contributed by atoms with Crippen LogP contribution in [0.4, 0.5) is 5.69 Å². The van der Waals surface area contributed by atoms with Crippen molar-refractivity contribution in [3.63, 3.8) is 0 Å². The third-order valence-electron chi connectivity index (χ3n) is 6.41. The van der Waals surface area contributed by atoms with Gasteiger partial charge in [0.15, 0.2) is 0 Å². The van der Waals surface area contributed by atoms with Crippen molar-refractivity contribution in [2.24, 2.45) is 5.92 Å². The molecule has 2 atom stereocenters. The number of likely N-dealkylation sites (tertiary alicyclic amines) is 1. The SMILES string of the molecule is O=C(NC1C(=O)N(c2ccccc2)CC1C(=O)N1CCCC1)c1ccc2ccccc2c1. The number of anilines is 1. The topological polar surface area (TPSA) is 69.7 Å². The summed E-state index contributed by atoms with van der Waals surface area (Å²) in [5.74, 6) is -1.26. The zero-order valence-corrected chi connectivity index (χ0v) is 17.7. The predicted molar refractivity (Wildman–Crippen MR) is 123 cm³/mol. The average molecular weight is 428 g/mol. The van der Waals surface area contributed by atoms with Crippen molar-refractivity contribution < 1.29 is 14.4 Å². The Morgan fingerprint density at radius 3 is 2.28 bits per heavy atom. The number of hydrogen-bond donors (Lipinski definition) is 1. The molecule has 0 saturated carbocycles. The molecule has 6 nitrogen and oxygen atoms in total. The van der Waals surface area contributed by atoms with E-state index in [1.54, 1.807) is 11.0 Å². The standard InChI is InChI=1S/C26H25N3O3/c30-24(20-13-12-18-8-4-5-9-19(18)16-20)27-23-22(25(31)28-14-6-7-15-28)17-29(26(23)32)21-10-2-1-3-11-21/h1-5,8-13,16,22-23H,6-7,14-15,17H2,(H,27,30). The van der Waals surface area contributed by atoms with E-state index in [1.165, 1.54) is 0 Å². The largest absolute Gasteiger partial charge is 0.342 e. The number of nitrogens with zero attached hydrogens (tertiary/aromatic N) is 2. The van der Waals surface area contributed by atoms with E-state index in [-0.39, 0.29) is 24.3 Å². The minimum absolute atomic E-state index is 0.0573. The van der Waals surface area contributed by atoms with Gasteiger partial charge in [0.1, 0.15) is 6.04 Å². The lowest BCUT2D eigenvalue weighted by Crippen LogP contribution is -2.48. The number of fused-ring (bicyclic) bond motifs is 1. The Bertz CT molecular complexity index is 1170. The first kappa shape index (κ1) is 20.2. The van der Waals surface area contributed by atoms with Crippen LogP contribution in [0, 0.1) is 5.92 Å². The number of benzene rings is 3. The molecular formula is C26H25N3O3. The molecule has 162 valence electrons. The molecule has 0 radical (unpaired) electrons. The first-order valence-electron chi connectivity index (χ1n) is 11.1. The number of nitrogens with one attached hydrogen (secondary N) is 1. The number of carbonyl (C=O) groups excluding carboxylic acids is 3. The van der Waals surface area contributed by atoms with Gasteiger partial charge in [0.05, 0.1) is 5.92 Å². The maximum atomic E-state index is 13.4. The zero-order valence-electron chi connectivity index (χ0n) is 17.7. The van der Waals surface area contributed by atoms with E-state index in [9.17, 15) is 14.4 Å². The third-order valence-corrected chi connectivity index (χ3v) is 6.41. The van der Waals surface area contributed by atoms with Crippen LogP contribution in [-0.2, 0) is 9.59 Å². The smallest absolute Gasteiger partial charge is 0.251 e. The Morgan fingerprint density at radius 1 is 0.844 bits per heavy atom. The maximum Gasteiger partial charge on any atom is 0.251 e. The Morgan fingerprint density at radius 2 is 1.53 bits per heavy atom. The third kappa shape index (κ3) is 3.73.